The number of thiazole rings is 1. The Balaban J connectivity index is 1.35. The average molecular weight is 416 g/mol. The molecule has 3 rings (SSSR count). The van der Waals surface area contributed by atoms with Crippen molar-refractivity contribution in [3.63, 3.8) is 0 Å². The molecular weight excluding hydrogens is 397 g/mol. The molecule has 28 heavy (non-hydrogen) atoms. The highest BCUT2D eigenvalue weighted by Gasteiger charge is 2.33. The van der Waals surface area contributed by atoms with E-state index in [0.717, 1.165) is 16.7 Å². The number of aromatic nitrogens is 1. The first-order valence-electron chi connectivity index (χ1n) is 8.44. The molecule has 0 unspecified atom stereocenters. The molecule has 1 aliphatic rings. The van der Waals surface area contributed by atoms with E-state index < -0.39 is 11.9 Å². The van der Waals surface area contributed by atoms with Crippen LogP contribution in [0.3, 0.4) is 0 Å². The predicted octanol–water partition coefficient (Wildman–Crippen LogP) is 2.68. The number of guanidine groups is 1. The van der Waals surface area contributed by atoms with Gasteiger partial charge in [-0.2, -0.15) is 13.2 Å². The van der Waals surface area contributed by atoms with Gasteiger partial charge in [0.05, 0.1) is 11.6 Å². The molecule has 0 fully saturated rings. The minimum atomic E-state index is -4.41. The summed E-state index contributed by atoms with van der Waals surface area (Å²) in [5, 5.41) is 7.54. The molecule has 0 atom stereocenters. The van der Waals surface area contributed by atoms with Crippen molar-refractivity contribution in [1.29, 1.82) is 0 Å². The van der Waals surface area contributed by atoms with Crippen LogP contribution in [-0.4, -0.2) is 44.5 Å². The van der Waals surface area contributed by atoms with Crippen LogP contribution in [0, 0.1) is 0 Å². The Hall–Kier alpha value is -2.69. The Bertz CT molecular complexity index is 826. The number of aliphatic imine (C=N–C) groups is 1. The minimum Gasteiger partial charge on any atom is -0.492 e. The van der Waals surface area contributed by atoms with Gasteiger partial charge in [-0.05, 0) is 12.1 Å². The number of hydrogen-bond donors (Lipinski definition) is 2. The quantitative estimate of drug-likeness (QED) is 0.411. The highest BCUT2D eigenvalue weighted by Crippen LogP contribution is 2.35. The summed E-state index contributed by atoms with van der Waals surface area (Å²) in [5.74, 6) is 2.54. The minimum absolute atomic E-state index is 0.209. The fourth-order valence-electron chi connectivity index (χ4n) is 2.37. The van der Waals surface area contributed by atoms with Crippen molar-refractivity contribution in [3.05, 3.63) is 34.3 Å². The number of nitrogens with one attached hydrogen (secondary N) is 2. The lowest BCUT2D eigenvalue weighted by atomic mass is 10.3. The van der Waals surface area contributed by atoms with Gasteiger partial charge in [0, 0.05) is 31.5 Å². The van der Waals surface area contributed by atoms with E-state index in [1.165, 1.54) is 0 Å². The lowest BCUT2D eigenvalue weighted by Crippen LogP contribution is -2.40. The number of hydrogen-bond acceptors (Lipinski definition) is 6. The topological polar surface area (TPSA) is 77.0 Å². The van der Waals surface area contributed by atoms with E-state index >= 15 is 0 Å². The summed E-state index contributed by atoms with van der Waals surface area (Å²) in [7, 11) is 1.61. The third kappa shape index (κ3) is 5.41. The van der Waals surface area contributed by atoms with Gasteiger partial charge in [-0.25, -0.2) is 4.98 Å². The molecule has 0 bridgehead atoms. The van der Waals surface area contributed by atoms with Crippen LogP contribution < -0.4 is 24.8 Å². The molecule has 0 saturated carbocycles. The van der Waals surface area contributed by atoms with Crippen LogP contribution in [0.4, 0.5) is 13.2 Å². The summed E-state index contributed by atoms with van der Waals surface area (Å²) < 4.78 is 53.8. The van der Waals surface area contributed by atoms with Crippen LogP contribution in [0.5, 0.6) is 17.2 Å². The van der Waals surface area contributed by atoms with Gasteiger partial charge in [0.2, 0.25) is 6.79 Å². The number of halogens is 3. The number of ether oxygens (including phenoxy) is 3. The van der Waals surface area contributed by atoms with Crippen LogP contribution in [0.1, 0.15) is 10.7 Å². The van der Waals surface area contributed by atoms with Crippen LogP contribution in [0.15, 0.2) is 28.6 Å². The molecule has 2 N–H and O–H groups in total. The van der Waals surface area contributed by atoms with Gasteiger partial charge >= 0.3 is 6.18 Å². The second kappa shape index (κ2) is 9.00. The molecule has 0 radical (unpaired) electrons. The molecule has 0 amide bonds. The van der Waals surface area contributed by atoms with Gasteiger partial charge in [0.1, 0.15) is 12.4 Å². The maximum atomic E-state index is 12.5. The smallest absolute Gasteiger partial charge is 0.434 e. The molecule has 11 heteroatoms. The Labute approximate surface area is 163 Å². The zero-order valence-corrected chi connectivity index (χ0v) is 15.8. The van der Waals surface area contributed by atoms with Gasteiger partial charge in [0.15, 0.2) is 23.2 Å². The molecule has 0 saturated heterocycles. The van der Waals surface area contributed by atoms with Crippen molar-refractivity contribution in [1.82, 2.24) is 15.6 Å². The van der Waals surface area contributed by atoms with Crippen molar-refractivity contribution >= 4 is 17.3 Å². The first-order valence-corrected chi connectivity index (χ1v) is 9.32. The summed E-state index contributed by atoms with van der Waals surface area (Å²) in [6, 6.07) is 5.34. The van der Waals surface area contributed by atoms with Crippen molar-refractivity contribution in [3.8, 4) is 17.2 Å². The summed E-state index contributed by atoms with van der Waals surface area (Å²) in [6.45, 7) is 1.50. The fraction of sp³-hybridized carbons (Fsp3) is 0.412. The maximum absolute atomic E-state index is 12.5. The number of benzene rings is 1. The normalized spacial score (nSPS) is 13.5. The highest BCUT2D eigenvalue weighted by atomic mass is 32.1. The zero-order chi connectivity index (χ0) is 20.0. The van der Waals surface area contributed by atoms with Crippen molar-refractivity contribution in [2.45, 2.75) is 12.6 Å². The summed E-state index contributed by atoms with van der Waals surface area (Å²) in [6.07, 6.45) is -4.03. The van der Waals surface area contributed by atoms with E-state index in [9.17, 15) is 13.2 Å². The van der Waals surface area contributed by atoms with E-state index in [0.29, 0.717) is 54.3 Å². The molecule has 0 aliphatic carbocycles. The Morgan fingerprint density at radius 1 is 1.25 bits per heavy atom. The van der Waals surface area contributed by atoms with Crippen molar-refractivity contribution in [2.24, 2.45) is 4.99 Å². The molecular formula is C17H19F3N4O3S. The first kappa shape index (κ1) is 20.1. The molecule has 2 aromatic rings. The lowest BCUT2D eigenvalue weighted by Gasteiger charge is -2.12. The lowest BCUT2D eigenvalue weighted by molar-refractivity contribution is -0.140. The summed E-state index contributed by atoms with van der Waals surface area (Å²) in [5.41, 5.74) is -0.851. The third-order valence-corrected chi connectivity index (χ3v) is 4.61. The van der Waals surface area contributed by atoms with Crippen LogP contribution in [0.2, 0.25) is 0 Å². The Kier molecular flexibility index (Phi) is 6.45. The fourth-order valence-corrected chi connectivity index (χ4v) is 3.17. The SMILES string of the molecule is CN=C(NCCOc1ccc2c(c1)OCO2)NCCc1nc(C(F)(F)F)cs1. The number of alkyl halides is 3. The predicted molar refractivity (Wildman–Crippen MR) is 98.2 cm³/mol. The molecule has 152 valence electrons. The van der Waals surface area contributed by atoms with Gasteiger partial charge in [0.25, 0.3) is 0 Å². The van der Waals surface area contributed by atoms with E-state index in [1.807, 2.05) is 0 Å². The second-order valence-electron chi connectivity index (χ2n) is 5.66. The Morgan fingerprint density at radius 3 is 2.79 bits per heavy atom. The standard InChI is InChI=1S/C17H19F3N4O3S/c1-21-16(22-5-4-15-24-14(9-28-15)17(18,19)20)23-6-7-25-11-2-3-12-13(8-11)27-10-26-12/h2-3,8-9H,4-7,10H2,1H3,(H2,21,22,23). The molecule has 1 aromatic heterocycles. The molecule has 1 aromatic carbocycles. The second-order valence-corrected chi connectivity index (χ2v) is 6.61. The molecule has 1 aliphatic heterocycles. The van der Waals surface area contributed by atoms with Crippen LogP contribution in [0.25, 0.3) is 0 Å². The zero-order valence-electron chi connectivity index (χ0n) is 15.0. The van der Waals surface area contributed by atoms with Crippen molar-refractivity contribution < 1.29 is 27.4 Å². The molecule has 2 heterocycles. The number of fused-ring (bicyclic) bond motifs is 1. The van der Waals surface area contributed by atoms with Gasteiger partial charge in [-0.15, -0.1) is 11.3 Å². The third-order valence-electron chi connectivity index (χ3n) is 3.70. The maximum Gasteiger partial charge on any atom is 0.434 e. The van der Waals surface area contributed by atoms with Crippen LogP contribution >= 0.6 is 11.3 Å². The Morgan fingerprint density at radius 2 is 2.04 bits per heavy atom. The van der Waals surface area contributed by atoms with E-state index in [4.69, 9.17) is 14.2 Å². The van der Waals surface area contributed by atoms with Gasteiger partial charge in [-0.3, -0.25) is 4.99 Å². The summed E-state index contributed by atoms with van der Waals surface area (Å²) >= 11 is 0.993. The highest BCUT2D eigenvalue weighted by molar-refractivity contribution is 7.09. The van der Waals surface area contributed by atoms with E-state index in [-0.39, 0.29) is 6.79 Å². The average Bonchev–Trinajstić information content (AvgIpc) is 3.32. The molecule has 7 nitrogen and oxygen atoms in total. The molecule has 0 spiro atoms. The van der Waals surface area contributed by atoms with Crippen LogP contribution in [-0.2, 0) is 12.6 Å². The summed E-state index contributed by atoms with van der Waals surface area (Å²) in [4.78, 5) is 7.65. The van der Waals surface area contributed by atoms with E-state index in [2.05, 4.69) is 20.6 Å². The number of nitrogens with zero attached hydrogens (tertiary/aromatic N) is 2. The van der Waals surface area contributed by atoms with Gasteiger partial charge < -0.3 is 24.8 Å². The van der Waals surface area contributed by atoms with E-state index in [1.54, 1.807) is 25.2 Å². The number of rotatable bonds is 7. The monoisotopic (exact) mass is 416 g/mol. The first-order chi connectivity index (χ1) is 13.5. The van der Waals surface area contributed by atoms with Crippen molar-refractivity contribution in [2.75, 3.05) is 33.5 Å². The largest absolute Gasteiger partial charge is 0.492 e. The van der Waals surface area contributed by atoms with Gasteiger partial charge in [-0.1, -0.05) is 0 Å².